The van der Waals surface area contributed by atoms with Crippen LogP contribution < -0.4 is 10.6 Å². The van der Waals surface area contributed by atoms with Gasteiger partial charge in [0.05, 0.1) is 10.7 Å². The lowest BCUT2D eigenvalue weighted by atomic mass is 10.3. The average molecular weight is 249 g/mol. The van der Waals surface area contributed by atoms with Gasteiger partial charge in [-0.2, -0.15) is 4.98 Å². The van der Waals surface area contributed by atoms with Crippen LogP contribution in [-0.4, -0.2) is 17.0 Å². The van der Waals surface area contributed by atoms with Gasteiger partial charge in [-0.15, -0.1) is 0 Å². The Bertz CT molecular complexity index is 528. The molecule has 2 aromatic rings. The second kappa shape index (κ2) is 5.01. The van der Waals surface area contributed by atoms with Gasteiger partial charge in [0.25, 0.3) is 0 Å². The van der Waals surface area contributed by atoms with E-state index in [1.807, 2.05) is 37.3 Å². The van der Waals surface area contributed by atoms with Crippen molar-refractivity contribution in [3.63, 3.8) is 0 Å². The Balaban J connectivity index is 2.30. The molecule has 0 aliphatic rings. The highest BCUT2D eigenvalue weighted by atomic mass is 35.5. The summed E-state index contributed by atoms with van der Waals surface area (Å²) in [7, 11) is 1.79. The maximum absolute atomic E-state index is 6.07. The first-order valence-electron chi connectivity index (χ1n) is 5.24. The molecule has 0 aliphatic carbocycles. The molecule has 4 nitrogen and oxygen atoms in total. The minimum Gasteiger partial charge on any atom is -0.357 e. The van der Waals surface area contributed by atoms with E-state index in [0.29, 0.717) is 11.0 Å². The summed E-state index contributed by atoms with van der Waals surface area (Å²) in [6.07, 6.45) is 0. The molecule has 0 spiro atoms. The first-order valence-corrected chi connectivity index (χ1v) is 5.62. The van der Waals surface area contributed by atoms with Gasteiger partial charge in [-0.25, -0.2) is 4.98 Å². The number of nitrogens with one attached hydrogen (secondary N) is 2. The minimum absolute atomic E-state index is 0.583. The molecule has 2 rings (SSSR count). The van der Waals surface area contributed by atoms with Crippen molar-refractivity contribution < 1.29 is 0 Å². The molecule has 0 fully saturated rings. The molecule has 5 heteroatoms. The first kappa shape index (κ1) is 11.7. The molecular formula is C12H13ClN4. The Morgan fingerprint density at radius 2 is 1.94 bits per heavy atom. The predicted octanol–water partition coefficient (Wildman–Crippen LogP) is 3.22. The summed E-state index contributed by atoms with van der Waals surface area (Å²) in [5.74, 6) is 1.30. The topological polar surface area (TPSA) is 49.8 Å². The summed E-state index contributed by atoms with van der Waals surface area (Å²) in [4.78, 5) is 8.52. The zero-order valence-electron chi connectivity index (χ0n) is 9.66. The van der Waals surface area contributed by atoms with Gasteiger partial charge in [-0.1, -0.05) is 23.7 Å². The van der Waals surface area contributed by atoms with E-state index in [9.17, 15) is 0 Å². The summed E-state index contributed by atoms with van der Waals surface area (Å²) in [6.45, 7) is 1.92. The molecule has 1 heterocycles. The number of halogens is 1. The van der Waals surface area contributed by atoms with E-state index in [2.05, 4.69) is 20.6 Å². The molecule has 0 aliphatic heterocycles. The van der Waals surface area contributed by atoms with Crippen molar-refractivity contribution in [2.45, 2.75) is 6.92 Å². The Kier molecular flexibility index (Phi) is 3.44. The van der Waals surface area contributed by atoms with Crippen LogP contribution in [0.25, 0.3) is 0 Å². The maximum atomic E-state index is 6.07. The van der Waals surface area contributed by atoms with E-state index in [1.54, 1.807) is 7.05 Å². The normalized spacial score (nSPS) is 10.1. The van der Waals surface area contributed by atoms with Gasteiger partial charge in [0.2, 0.25) is 5.95 Å². The summed E-state index contributed by atoms with van der Waals surface area (Å²) in [5, 5.41) is 6.74. The number of aryl methyl sites for hydroxylation is 1. The third kappa shape index (κ3) is 2.85. The van der Waals surface area contributed by atoms with Crippen LogP contribution in [0, 0.1) is 6.92 Å². The zero-order chi connectivity index (χ0) is 12.3. The van der Waals surface area contributed by atoms with E-state index in [1.165, 1.54) is 0 Å². The van der Waals surface area contributed by atoms with Crippen LogP contribution in [-0.2, 0) is 0 Å². The molecule has 0 unspecified atom stereocenters. The van der Waals surface area contributed by atoms with Gasteiger partial charge in [-0.3, -0.25) is 0 Å². The molecule has 0 amide bonds. The quantitative estimate of drug-likeness (QED) is 0.876. The number of aromatic nitrogens is 2. The van der Waals surface area contributed by atoms with Crippen molar-refractivity contribution in [3.05, 3.63) is 41.0 Å². The minimum atomic E-state index is 0.583. The second-order valence-corrected chi connectivity index (χ2v) is 3.98. The smallest absolute Gasteiger partial charge is 0.224 e. The van der Waals surface area contributed by atoms with Crippen LogP contribution in [0.1, 0.15) is 5.69 Å². The third-order valence-corrected chi connectivity index (χ3v) is 2.54. The fraction of sp³-hybridized carbons (Fsp3) is 0.167. The third-order valence-electron chi connectivity index (χ3n) is 2.21. The molecule has 2 N–H and O–H groups in total. The summed E-state index contributed by atoms with van der Waals surface area (Å²) < 4.78 is 0. The fourth-order valence-electron chi connectivity index (χ4n) is 1.44. The number of benzene rings is 1. The predicted molar refractivity (Wildman–Crippen MR) is 71.1 cm³/mol. The molecule has 1 aromatic heterocycles. The number of anilines is 3. The van der Waals surface area contributed by atoms with Gasteiger partial charge in [0.15, 0.2) is 0 Å². The SMILES string of the molecule is CNc1nc(C)cc(Nc2ccccc2Cl)n1. The molecule has 88 valence electrons. The van der Waals surface area contributed by atoms with E-state index < -0.39 is 0 Å². The van der Waals surface area contributed by atoms with Crippen LogP contribution in [0.4, 0.5) is 17.5 Å². The lowest BCUT2D eigenvalue weighted by Gasteiger charge is -2.09. The van der Waals surface area contributed by atoms with Gasteiger partial charge in [-0.05, 0) is 19.1 Å². The number of hydrogen-bond acceptors (Lipinski definition) is 4. The van der Waals surface area contributed by atoms with Crippen LogP contribution in [0.2, 0.25) is 5.02 Å². The zero-order valence-corrected chi connectivity index (χ0v) is 10.4. The van der Waals surface area contributed by atoms with Crippen molar-refractivity contribution in [2.75, 3.05) is 17.7 Å². The summed E-state index contributed by atoms with van der Waals surface area (Å²) in [6, 6.07) is 9.40. The number of nitrogens with zero attached hydrogens (tertiary/aromatic N) is 2. The fourth-order valence-corrected chi connectivity index (χ4v) is 1.63. The highest BCUT2D eigenvalue weighted by molar-refractivity contribution is 6.33. The van der Waals surface area contributed by atoms with Crippen molar-refractivity contribution in [3.8, 4) is 0 Å². The molecule has 0 radical (unpaired) electrons. The molecule has 0 bridgehead atoms. The summed E-state index contributed by atoms with van der Waals surface area (Å²) in [5.41, 5.74) is 1.72. The lowest BCUT2D eigenvalue weighted by Crippen LogP contribution is -2.02. The van der Waals surface area contributed by atoms with Crippen molar-refractivity contribution in [2.24, 2.45) is 0 Å². The van der Waals surface area contributed by atoms with Crippen molar-refractivity contribution in [1.82, 2.24) is 9.97 Å². The molecule has 17 heavy (non-hydrogen) atoms. The monoisotopic (exact) mass is 248 g/mol. The second-order valence-electron chi connectivity index (χ2n) is 3.57. The average Bonchev–Trinajstić information content (AvgIpc) is 2.31. The standard InChI is InChI=1S/C12H13ClN4/c1-8-7-11(17-12(14-2)15-8)16-10-6-4-3-5-9(10)13/h3-7H,1-2H3,(H2,14,15,16,17). The Hall–Kier alpha value is -1.81. The largest absolute Gasteiger partial charge is 0.357 e. The van der Waals surface area contributed by atoms with Crippen molar-refractivity contribution in [1.29, 1.82) is 0 Å². The van der Waals surface area contributed by atoms with Gasteiger partial charge < -0.3 is 10.6 Å². The molecule has 0 saturated carbocycles. The number of para-hydroxylation sites is 1. The van der Waals surface area contributed by atoms with E-state index in [4.69, 9.17) is 11.6 Å². The summed E-state index contributed by atoms with van der Waals surface area (Å²) >= 11 is 6.07. The van der Waals surface area contributed by atoms with Gasteiger partial charge >= 0.3 is 0 Å². The Labute approximate surface area is 105 Å². The van der Waals surface area contributed by atoms with Crippen LogP contribution >= 0.6 is 11.6 Å². The number of rotatable bonds is 3. The Morgan fingerprint density at radius 1 is 1.18 bits per heavy atom. The van der Waals surface area contributed by atoms with E-state index >= 15 is 0 Å². The van der Waals surface area contributed by atoms with Gasteiger partial charge in [0.1, 0.15) is 5.82 Å². The van der Waals surface area contributed by atoms with Crippen LogP contribution in [0.15, 0.2) is 30.3 Å². The first-order chi connectivity index (χ1) is 8.19. The highest BCUT2D eigenvalue weighted by Gasteiger charge is 2.03. The number of hydrogen-bond donors (Lipinski definition) is 2. The van der Waals surface area contributed by atoms with Gasteiger partial charge in [0, 0.05) is 18.8 Å². The highest BCUT2D eigenvalue weighted by Crippen LogP contribution is 2.24. The van der Waals surface area contributed by atoms with E-state index in [0.717, 1.165) is 17.2 Å². The molecular weight excluding hydrogens is 236 g/mol. The molecule has 1 aromatic carbocycles. The van der Waals surface area contributed by atoms with E-state index in [-0.39, 0.29) is 0 Å². The molecule has 0 atom stereocenters. The van der Waals surface area contributed by atoms with Crippen LogP contribution in [0.5, 0.6) is 0 Å². The lowest BCUT2D eigenvalue weighted by molar-refractivity contribution is 1.10. The van der Waals surface area contributed by atoms with Crippen molar-refractivity contribution >= 4 is 29.1 Å². The Morgan fingerprint density at radius 3 is 2.65 bits per heavy atom. The molecule has 0 saturated heterocycles. The van der Waals surface area contributed by atoms with Crippen LogP contribution in [0.3, 0.4) is 0 Å². The maximum Gasteiger partial charge on any atom is 0.224 e.